The molecule has 0 aliphatic carbocycles. The predicted octanol–water partition coefficient (Wildman–Crippen LogP) is 3.71. The first-order valence-corrected chi connectivity index (χ1v) is 5.98. The van der Waals surface area contributed by atoms with Crippen LogP contribution in [-0.2, 0) is 6.54 Å². The Kier molecular flexibility index (Phi) is 3.84. The molecule has 0 aliphatic heterocycles. The van der Waals surface area contributed by atoms with Gasteiger partial charge in [-0.2, -0.15) is 0 Å². The molecular weight excluding hydrogens is 251 g/mol. The molecule has 2 rings (SSSR count). The molecule has 0 saturated carbocycles. The van der Waals surface area contributed by atoms with Gasteiger partial charge in [-0.05, 0) is 36.4 Å². The van der Waals surface area contributed by atoms with E-state index in [1.165, 1.54) is 12.1 Å². The normalized spacial score (nSPS) is 10.4. The molecule has 0 unspecified atom stereocenters. The van der Waals surface area contributed by atoms with Crippen LogP contribution >= 0.6 is 11.6 Å². The zero-order chi connectivity index (χ0) is 13.1. The molecule has 0 amide bonds. The second kappa shape index (κ2) is 5.38. The van der Waals surface area contributed by atoms with Gasteiger partial charge in [0.25, 0.3) is 0 Å². The molecule has 0 radical (unpaired) electrons. The summed E-state index contributed by atoms with van der Waals surface area (Å²) in [6.07, 6.45) is 0. The van der Waals surface area contributed by atoms with E-state index in [-0.39, 0.29) is 5.82 Å². The van der Waals surface area contributed by atoms with Gasteiger partial charge in [0.05, 0.1) is 0 Å². The number of rotatable bonds is 3. The first-order chi connectivity index (χ1) is 8.63. The molecule has 18 heavy (non-hydrogen) atoms. The lowest BCUT2D eigenvalue weighted by molar-refractivity contribution is 0.628. The second-order valence-electron chi connectivity index (χ2n) is 3.98. The van der Waals surface area contributed by atoms with Crippen molar-refractivity contribution in [3.8, 4) is 0 Å². The first kappa shape index (κ1) is 12.9. The molecule has 2 nitrogen and oxygen atoms in total. The van der Waals surface area contributed by atoms with Crippen molar-refractivity contribution in [2.24, 2.45) is 5.73 Å². The lowest BCUT2D eigenvalue weighted by atomic mass is 10.1. The highest BCUT2D eigenvalue weighted by Gasteiger charge is 2.11. The Morgan fingerprint density at radius 2 is 1.83 bits per heavy atom. The van der Waals surface area contributed by atoms with Crippen molar-refractivity contribution in [2.45, 2.75) is 6.54 Å². The fraction of sp³-hybridized carbons (Fsp3) is 0.143. The lowest BCUT2D eigenvalue weighted by Gasteiger charge is -2.23. The summed E-state index contributed by atoms with van der Waals surface area (Å²) >= 11 is 6.12. The standard InChI is InChI=1S/C14H14ClFN2/c1-18(11-7-5-10(16)6-8-11)14-4-2-3-13(15)12(14)9-17/h2-8H,9,17H2,1H3. The van der Waals surface area contributed by atoms with E-state index < -0.39 is 0 Å². The Balaban J connectivity index is 2.42. The smallest absolute Gasteiger partial charge is 0.123 e. The summed E-state index contributed by atoms with van der Waals surface area (Å²) in [5, 5.41) is 0.643. The maximum absolute atomic E-state index is 12.9. The number of nitrogens with zero attached hydrogens (tertiary/aromatic N) is 1. The average Bonchev–Trinajstić information content (AvgIpc) is 2.38. The van der Waals surface area contributed by atoms with Crippen molar-refractivity contribution in [3.05, 3.63) is 58.9 Å². The summed E-state index contributed by atoms with van der Waals surface area (Å²) in [4.78, 5) is 1.94. The summed E-state index contributed by atoms with van der Waals surface area (Å²) in [7, 11) is 1.90. The van der Waals surface area contributed by atoms with Gasteiger partial charge in [0.1, 0.15) is 5.82 Å². The monoisotopic (exact) mass is 264 g/mol. The highest BCUT2D eigenvalue weighted by atomic mass is 35.5. The molecule has 0 saturated heterocycles. The van der Waals surface area contributed by atoms with Gasteiger partial charge in [0.15, 0.2) is 0 Å². The van der Waals surface area contributed by atoms with Gasteiger partial charge in [-0.1, -0.05) is 17.7 Å². The molecule has 0 heterocycles. The van der Waals surface area contributed by atoms with Crippen molar-refractivity contribution in [1.29, 1.82) is 0 Å². The fourth-order valence-corrected chi connectivity index (χ4v) is 2.11. The Bertz CT molecular complexity index is 540. The quantitative estimate of drug-likeness (QED) is 0.916. The summed E-state index contributed by atoms with van der Waals surface area (Å²) < 4.78 is 12.9. The molecule has 2 aromatic carbocycles. The van der Waals surface area contributed by atoms with Gasteiger partial charge < -0.3 is 10.6 Å². The average molecular weight is 265 g/mol. The van der Waals surface area contributed by atoms with Crippen LogP contribution in [0.5, 0.6) is 0 Å². The fourth-order valence-electron chi connectivity index (χ4n) is 1.87. The maximum Gasteiger partial charge on any atom is 0.123 e. The van der Waals surface area contributed by atoms with Crippen molar-refractivity contribution in [2.75, 3.05) is 11.9 Å². The SMILES string of the molecule is CN(c1ccc(F)cc1)c1cccc(Cl)c1CN. The molecule has 2 N–H and O–H groups in total. The molecule has 0 fully saturated rings. The topological polar surface area (TPSA) is 29.3 Å². The predicted molar refractivity (Wildman–Crippen MR) is 73.8 cm³/mol. The van der Waals surface area contributed by atoms with Crippen molar-refractivity contribution in [3.63, 3.8) is 0 Å². The number of nitrogens with two attached hydrogens (primary N) is 1. The zero-order valence-corrected chi connectivity index (χ0v) is 10.8. The third-order valence-corrected chi connectivity index (χ3v) is 3.23. The van der Waals surface area contributed by atoms with E-state index in [0.29, 0.717) is 11.6 Å². The molecule has 2 aromatic rings. The maximum atomic E-state index is 12.9. The van der Waals surface area contributed by atoms with E-state index in [4.69, 9.17) is 17.3 Å². The molecule has 4 heteroatoms. The summed E-state index contributed by atoms with van der Waals surface area (Å²) in [6.45, 7) is 0.362. The van der Waals surface area contributed by atoms with Crippen LogP contribution in [0.3, 0.4) is 0 Å². The molecule has 94 valence electrons. The number of hydrogen-bond acceptors (Lipinski definition) is 2. The van der Waals surface area contributed by atoms with E-state index in [1.54, 1.807) is 12.1 Å². The minimum absolute atomic E-state index is 0.253. The third kappa shape index (κ3) is 2.47. The number of halogens is 2. The number of benzene rings is 2. The Hall–Kier alpha value is -1.58. The molecule has 0 aliphatic rings. The van der Waals surface area contributed by atoms with Crippen LogP contribution in [0.4, 0.5) is 15.8 Å². The highest BCUT2D eigenvalue weighted by Crippen LogP contribution is 2.31. The van der Waals surface area contributed by atoms with Crippen LogP contribution in [-0.4, -0.2) is 7.05 Å². The van der Waals surface area contributed by atoms with E-state index in [9.17, 15) is 4.39 Å². The van der Waals surface area contributed by atoms with E-state index in [0.717, 1.165) is 16.9 Å². The summed E-state index contributed by atoms with van der Waals surface area (Å²) in [5.41, 5.74) is 8.41. The molecule has 0 spiro atoms. The van der Waals surface area contributed by atoms with E-state index in [2.05, 4.69) is 0 Å². The summed E-state index contributed by atoms with van der Waals surface area (Å²) in [6, 6.07) is 11.9. The van der Waals surface area contributed by atoms with Gasteiger partial charge in [0.2, 0.25) is 0 Å². The van der Waals surface area contributed by atoms with Crippen LogP contribution in [0.2, 0.25) is 5.02 Å². The van der Waals surface area contributed by atoms with Gasteiger partial charge in [-0.25, -0.2) is 4.39 Å². The van der Waals surface area contributed by atoms with Crippen LogP contribution in [0.1, 0.15) is 5.56 Å². The van der Waals surface area contributed by atoms with Gasteiger partial charge >= 0.3 is 0 Å². The van der Waals surface area contributed by atoms with Gasteiger partial charge in [0, 0.05) is 35.6 Å². The Morgan fingerprint density at radius 3 is 2.44 bits per heavy atom. The van der Waals surface area contributed by atoms with Crippen molar-refractivity contribution >= 4 is 23.0 Å². The molecule has 0 atom stereocenters. The van der Waals surface area contributed by atoms with E-state index in [1.807, 2.05) is 30.1 Å². The molecular formula is C14H14ClFN2. The highest BCUT2D eigenvalue weighted by molar-refractivity contribution is 6.31. The lowest BCUT2D eigenvalue weighted by Crippen LogP contribution is -2.13. The third-order valence-electron chi connectivity index (χ3n) is 2.87. The van der Waals surface area contributed by atoms with Crippen LogP contribution in [0.25, 0.3) is 0 Å². The summed E-state index contributed by atoms with van der Waals surface area (Å²) in [5.74, 6) is -0.253. The number of anilines is 2. The van der Waals surface area contributed by atoms with Gasteiger partial charge in [-0.15, -0.1) is 0 Å². The molecule has 0 aromatic heterocycles. The van der Waals surface area contributed by atoms with Crippen molar-refractivity contribution in [1.82, 2.24) is 0 Å². The zero-order valence-electron chi connectivity index (χ0n) is 10.0. The molecule has 0 bridgehead atoms. The van der Waals surface area contributed by atoms with E-state index >= 15 is 0 Å². The van der Waals surface area contributed by atoms with Crippen LogP contribution < -0.4 is 10.6 Å². The minimum Gasteiger partial charge on any atom is -0.344 e. The largest absolute Gasteiger partial charge is 0.344 e. The van der Waals surface area contributed by atoms with Crippen LogP contribution in [0, 0.1) is 5.82 Å². The van der Waals surface area contributed by atoms with Gasteiger partial charge in [-0.3, -0.25) is 0 Å². The Labute approximate surface area is 111 Å². The van der Waals surface area contributed by atoms with Crippen LogP contribution in [0.15, 0.2) is 42.5 Å². The number of hydrogen-bond donors (Lipinski definition) is 1. The van der Waals surface area contributed by atoms with Crippen molar-refractivity contribution < 1.29 is 4.39 Å². The Morgan fingerprint density at radius 1 is 1.17 bits per heavy atom. The second-order valence-corrected chi connectivity index (χ2v) is 4.38. The minimum atomic E-state index is -0.253. The first-order valence-electron chi connectivity index (χ1n) is 5.60.